The number of nitrogens with one attached hydrogen (secondary N) is 1. The third-order valence-electron chi connectivity index (χ3n) is 5.19. The van der Waals surface area contributed by atoms with E-state index in [-0.39, 0.29) is 18.0 Å². The first-order valence-corrected chi connectivity index (χ1v) is 8.77. The second-order valence-corrected chi connectivity index (χ2v) is 6.78. The summed E-state index contributed by atoms with van der Waals surface area (Å²) in [5.41, 5.74) is 2.25. The van der Waals surface area contributed by atoms with Crippen LogP contribution in [0.2, 0.25) is 0 Å². The summed E-state index contributed by atoms with van der Waals surface area (Å²) >= 11 is 0. The van der Waals surface area contributed by atoms with E-state index in [0.717, 1.165) is 50.3 Å². The molecule has 24 heavy (non-hydrogen) atoms. The molecule has 0 unspecified atom stereocenters. The Morgan fingerprint density at radius 3 is 3.08 bits per heavy atom. The van der Waals surface area contributed by atoms with E-state index in [1.165, 1.54) is 5.56 Å². The number of carbonyl (C=O) groups is 2. The molecule has 3 aliphatic heterocycles. The van der Waals surface area contributed by atoms with Crippen molar-refractivity contribution in [3.8, 4) is 5.75 Å². The molecule has 0 saturated carbocycles. The Bertz CT molecular complexity index is 661. The third kappa shape index (κ3) is 2.92. The monoisotopic (exact) mass is 329 g/mol. The number of nitrogens with zero attached hydrogens (tertiary/aromatic N) is 2. The van der Waals surface area contributed by atoms with Crippen LogP contribution in [0.25, 0.3) is 0 Å². The molecule has 6 heteroatoms. The molecule has 2 fully saturated rings. The Morgan fingerprint density at radius 2 is 2.25 bits per heavy atom. The van der Waals surface area contributed by atoms with Gasteiger partial charge in [0.1, 0.15) is 5.75 Å². The van der Waals surface area contributed by atoms with Crippen LogP contribution >= 0.6 is 0 Å². The minimum absolute atomic E-state index is 0.00733. The molecular weight excluding hydrogens is 306 g/mol. The molecule has 0 aliphatic carbocycles. The highest BCUT2D eigenvalue weighted by Gasteiger charge is 2.32. The summed E-state index contributed by atoms with van der Waals surface area (Å²) < 4.78 is 5.52. The van der Waals surface area contributed by atoms with Crippen molar-refractivity contribution in [2.24, 2.45) is 0 Å². The molecule has 0 spiro atoms. The van der Waals surface area contributed by atoms with Gasteiger partial charge in [0.05, 0.1) is 19.1 Å². The van der Waals surface area contributed by atoms with Gasteiger partial charge in [-0.05, 0) is 30.0 Å². The van der Waals surface area contributed by atoms with Gasteiger partial charge in [-0.1, -0.05) is 12.1 Å². The lowest BCUT2D eigenvalue weighted by molar-refractivity contribution is -0.132. The first-order valence-electron chi connectivity index (χ1n) is 8.77. The number of fused-ring (bicyclic) bond motifs is 1. The molecule has 6 nitrogen and oxygen atoms in total. The maximum atomic E-state index is 12.7. The molecule has 0 aromatic heterocycles. The molecule has 0 bridgehead atoms. The van der Waals surface area contributed by atoms with E-state index in [4.69, 9.17) is 4.74 Å². The van der Waals surface area contributed by atoms with Crippen LogP contribution in [-0.4, -0.2) is 60.6 Å². The molecule has 128 valence electrons. The molecule has 1 aromatic carbocycles. The van der Waals surface area contributed by atoms with Gasteiger partial charge in [-0.3, -0.25) is 4.79 Å². The lowest BCUT2D eigenvalue weighted by Gasteiger charge is -2.37. The van der Waals surface area contributed by atoms with Gasteiger partial charge in [-0.15, -0.1) is 0 Å². The van der Waals surface area contributed by atoms with E-state index in [9.17, 15) is 9.59 Å². The van der Waals surface area contributed by atoms with Crippen molar-refractivity contribution < 1.29 is 14.3 Å². The predicted molar refractivity (Wildman–Crippen MR) is 89.1 cm³/mol. The quantitative estimate of drug-likeness (QED) is 0.906. The number of likely N-dealkylation sites (tertiary alicyclic amines) is 1. The first-order chi connectivity index (χ1) is 11.7. The number of hydrogen-bond donors (Lipinski definition) is 1. The Balaban J connectivity index is 1.39. The van der Waals surface area contributed by atoms with Gasteiger partial charge in [-0.2, -0.15) is 0 Å². The van der Waals surface area contributed by atoms with Gasteiger partial charge >= 0.3 is 6.03 Å². The van der Waals surface area contributed by atoms with Gasteiger partial charge in [0.15, 0.2) is 0 Å². The number of carbonyl (C=O) groups excluding carboxylic acids is 2. The van der Waals surface area contributed by atoms with Crippen molar-refractivity contribution in [2.45, 2.75) is 31.7 Å². The predicted octanol–water partition coefficient (Wildman–Crippen LogP) is 1.18. The third-order valence-corrected chi connectivity index (χ3v) is 5.19. The fourth-order valence-electron chi connectivity index (χ4n) is 3.91. The van der Waals surface area contributed by atoms with Crippen molar-refractivity contribution in [1.82, 2.24) is 15.1 Å². The van der Waals surface area contributed by atoms with E-state index in [0.29, 0.717) is 19.5 Å². The molecule has 4 rings (SSSR count). The zero-order chi connectivity index (χ0) is 16.5. The number of hydrogen-bond acceptors (Lipinski definition) is 3. The molecule has 1 aromatic rings. The summed E-state index contributed by atoms with van der Waals surface area (Å²) in [7, 11) is 0. The van der Waals surface area contributed by atoms with Crippen LogP contribution in [0.3, 0.4) is 0 Å². The fraction of sp³-hybridized carbons (Fsp3) is 0.556. The molecule has 3 amide bonds. The number of rotatable bonds is 3. The standard InChI is InChI=1S/C18H23N3O3/c22-17(11-13-3-4-16-14(10-13)5-9-24-16)20-7-1-2-15(12-20)21-8-6-19-18(21)23/h3-4,10,15H,1-2,5-9,11-12H2,(H,19,23)/t15-/m1/s1. The molecular formula is C18H23N3O3. The number of ether oxygens (including phenoxy) is 1. The van der Waals surface area contributed by atoms with E-state index in [2.05, 4.69) is 11.4 Å². The Labute approximate surface area is 141 Å². The van der Waals surface area contributed by atoms with Gasteiger partial charge in [0, 0.05) is 32.6 Å². The van der Waals surface area contributed by atoms with Gasteiger partial charge in [0.2, 0.25) is 5.91 Å². The highest BCUT2D eigenvalue weighted by molar-refractivity contribution is 5.80. The minimum atomic E-state index is 0.00733. The van der Waals surface area contributed by atoms with Crippen molar-refractivity contribution in [3.05, 3.63) is 29.3 Å². The number of urea groups is 1. The Kier molecular flexibility index (Phi) is 4.04. The lowest BCUT2D eigenvalue weighted by atomic mass is 10.0. The topological polar surface area (TPSA) is 61.9 Å². The summed E-state index contributed by atoms with van der Waals surface area (Å²) in [5, 5.41) is 2.85. The smallest absolute Gasteiger partial charge is 0.317 e. The van der Waals surface area contributed by atoms with Crippen molar-refractivity contribution in [1.29, 1.82) is 0 Å². The molecule has 1 N–H and O–H groups in total. The zero-order valence-corrected chi connectivity index (χ0v) is 13.8. The van der Waals surface area contributed by atoms with E-state index < -0.39 is 0 Å². The van der Waals surface area contributed by atoms with Crippen molar-refractivity contribution in [3.63, 3.8) is 0 Å². The Morgan fingerprint density at radius 1 is 1.33 bits per heavy atom. The molecule has 3 heterocycles. The SMILES string of the molecule is O=C(Cc1ccc2c(c1)CCO2)N1CCC[C@@H](N2CCNC2=O)C1. The number of amides is 3. The normalized spacial score (nSPS) is 23.0. The maximum Gasteiger partial charge on any atom is 0.317 e. The van der Waals surface area contributed by atoms with E-state index in [1.54, 1.807) is 0 Å². The minimum Gasteiger partial charge on any atom is -0.493 e. The largest absolute Gasteiger partial charge is 0.493 e. The average molecular weight is 329 g/mol. The molecule has 2 saturated heterocycles. The average Bonchev–Trinajstić information content (AvgIpc) is 3.23. The Hall–Kier alpha value is -2.24. The van der Waals surface area contributed by atoms with Crippen LogP contribution < -0.4 is 10.1 Å². The second-order valence-electron chi connectivity index (χ2n) is 6.78. The highest BCUT2D eigenvalue weighted by Crippen LogP contribution is 2.26. The summed E-state index contributed by atoms with van der Waals surface area (Å²) in [5.74, 6) is 1.10. The van der Waals surface area contributed by atoms with Crippen LogP contribution in [-0.2, 0) is 17.6 Å². The number of piperidine rings is 1. The summed E-state index contributed by atoms with van der Waals surface area (Å²) in [6.45, 7) is 3.63. The highest BCUT2D eigenvalue weighted by atomic mass is 16.5. The van der Waals surface area contributed by atoms with Crippen LogP contribution in [0.5, 0.6) is 5.75 Å². The van der Waals surface area contributed by atoms with E-state index in [1.807, 2.05) is 21.9 Å². The fourth-order valence-corrected chi connectivity index (χ4v) is 3.91. The summed E-state index contributed by atoms with van der Waals surface area (Å²) in [6.07, 6.45) is 3.28. The van der Waals surface area contributed by atoms with Gasteiger partial charge in [-0.25, -0.2) is 4.79 Å². The van der Waals surface area contributed by atoms with Crippen LogP contribution in [0.15, 0.2) is 18.2 Å². The lowest BCUT2D eigenvalue weighted by Crippen LogP contribution is -2.51. The molecule has 1 atom stereocenters. The first kappa shape index (κ1) is 15.3. The van der Waals surface area contributed by atoms with Crippen LogP contribution in [0.4, 0.5) is 4.79 Å². The van der Waals surface area contributed by atoms with Gasteiger partial charge in [0.25, 0.3) is 0 Å². The molecule has 0 radical (unpaired) electrons. The van der Waals surface area contributed by atoms with E-state index >= 15 is 0 Å². The second kappa shape index (κ2) is 6.34. The maximum absolute atomic E-state index is 12.7. The van der Waals surface area contributed by atoms with Crippen LogP contribution in [0.1, 0.15) is 24.0 Å². The van der Waals surface area contributed by atoms with Crippen molar-refractivity contribution >= 4 is 11.9 Å². The summed E-state index contributed by atoms with van der Waals surface area (Å²) in [4.78, 5) is 28.3. The van der Waals surface area contributed by atoms with Crippen molar-refractivity contribution in [2.75, 3.05) is 32.8 Å². The zero-order valence-electron chi connectivity index (χ0n) is 13.8. The molecule has 3 aliphatic rings. The van der Waals surface area contributed by atoms with Crippen LogP contribution in [0, 0.1) is 0 Å². The number of benzene rings is 1. The summed E-state index contributed by atoms with van der Waals surface area (Å²) in [6, 6.07) is 6.21. The van der Waals surface area contributed by atoms with Gasteiger partial charge < -0.3 is 19.9 Å².